The molecule has 0 spiro atoms. The van der Waals surface area contributed by atoms with Crippen molar-refractivity contribution >= 4 is 35.1 Å². The Morgan fingerprint density at radius 2 is 1.78 bits per heavy atom. The molecule has 7 nitrogen and oxygen atoms in total. The molecular weight excluding hydrogens is 415 g/mol. The zero-order valence-corrected chi connectivity index (χ0v) is 17.5. The Morgan fingerprint density at radius 3 is 2.53 bits per heavy atom. The second-order valence-corrected chi connectivity index (χ2v) is 8.32. The number of carbonyl (C=O) groups is 4. The smallest absolute Gasteiger partial charge is 0.338 e. The van der Waals surface area contributed by atoms with E-state index in [1.165, 1.54) is 41.3 Å². The fourth-order valence-electron chi connectivity index (χ4n) is 4.36. The van der Waals surface area contributed by atoms with E-state index in [0.29, 0.717) is 30.1 Å². The molecule has 3 atom stereocenters. The summed E-state index contributed by atoms with van der Waals surface area (Å²) in [4.78, 5) is 51.3. The molecule has 0 aromatic heterocycles. The minimum Gasteiger partial charge on any atom is -0.452 e. The summed E-state index contributed by atoms with van der Waals surface area (Å²) < 4.78 is 18.0. The number of anilines is 2. The van der Waals surface area contributed by atoms with E-state index in [4.69, 9.17) is 4.74 Å². The third-order valence-corrected chi connectivity index (χ3v) is 5.99. The largest absolute Gasteiger partial charge is 0.452 e. The van der Waals surface area contributed by atoms with Crippen molar-refractivity contribution in [2.24, 2.45) is 17.8 Å². The summed E-state index contributed by atoms with van der Waals surface area (Å²) >= 11 is 0. The third kappa shape index (κ3) is 4.39. The second-order valence-electron chi connectivity index (χ2n) is 8.32. The molecule has 32 heavy (non-hydrogen) atoms. The Labute approximate surface area is 184 Å². The summed E-state index contributed by atoms with van der Waals surface area (Å²) in [6.45, 7) is 1.55. The van der Waals surface area contributed by atoms with E-state index in [0.717, 1.165) is 6.42 Å². The van der Waals surface area contributed by atoms with Crippen LogP contribution in [0.2, 0.25) is 0 Å². The van der Waals surface area contributed by atoms with Gasteiger partial charge in [-0.3, -0.25) is 19.3 Å². The van der Waals surface area contributed by atoms with Crippen LogP contribution in [0.1, 0.15) is 36.5 Å². The van der Waals surface area contributed by atoms with E-state index < -0.39 is 24.3 Å². The lowest BCUT2D eigenvalue weighted by Crippen LogP contribution is -2.31. The number of halogens is 1. The van der Waals surface area contributed by atoms with Gasteiger partial charge in [-0.05, 0) is 67.6 Å². The van der Waals surface area contributed by atoms with Crippen LogP contribution in [0.3, 0.4) is 0 Å². The summed E-state index contributed by atoms with van der Waals surface area (Å²) in [6.07, 6.45) is 2.30. The zero-order valence-electron chi connectivity index (χ0n) is 17.5. The molecule has 4 rings (SSSR count). The fraction of sp³-hybridized carbons (Fsp3) is 0.333. The quantitative estimate of drug-likeness (QED) is 0.569. The number of hydrogen-bond acceptors (Lipinski definition) is 5. The Hall–Kier alpha value is -3.55. The number of nitrogens with zero attached hydrogens (tertiary/aromatic N) is 1. The first kappa shape index (κ1) is 21.7. The molecule has 1 saturated carbocycles. The summed E-state index contributed by atoms with van der Waals surface area (Å²) in [5.74, 6) is -2.43. The molecule has 2 aliphatic rings. The lowest BCUT2D eigenvalue weighted by molar-refractivity contribution is -0.122. The Bertz CT molecular complexity index is 1070. The number of ether oxygens (including phenoxy) is 1. The fourth-order valence-corrected chi connectivity index (χ4v) is 4.36. The number of imide groups is 1. The topological polar surface area (TPSA) is 92.8 Å². The lowest BCUT2D eigenvalue weighted by atomic mass is 9.76. The normalized spacial score (nSPS) is 22.4. The van der Waals surface area contributed by atoms with Crippen molar-refractivity contribution < 1.29 is 28.3 Å². The number of hydrogen-bond donors (Lipinski definition) is 1. The molecule has 0 unspecified atom stereocenters. The van der Waals surface area contributed by atoms with Crippen molar-refractivity contribution in [3.8, 4) is 0 Å². The predicted octanol–water partition coefficient (Wildman–Crippen LogP) is 3.55. The molecular formula is C24H23FN2O5. The van der Waals surface area contributed by atoms with Crippen molar-refractivity contribution in [3.63, 3.8) is 0 Å². The van der Waals surface area contributed by atoms with Gasteiger partial charge in [0.25, 0.3) is 5.91 Å². The monoisotopic (exact) mass is 438 g/mol. The number of carbonyl (C=O) groups excluding carboxylic acids is 4. The van der Waals surface area contributed by atoms with Crippen LogP contribution in [0.25, 0.3) is 0 Å². The number of fused-ring (bicyclic) bond motifs is 1. The highest BCUT2D eigenvalue weighted by molar-refractivity contribution is 6.22. The maximum absolute atomic E-state index is 12.9. The lowest BCUT2D eigenvalue weighted by Gasteiger charge is -2.25. The summed E-state index contributed by atoms with van der Waals surface area (Å²) in [6, 6.07) is 11.3. The molecule has 1 N–H and O–H groups in total. The van der Waals surface area contributed by atoms with Gasteiger partial charge in [0.15, 0.2) is 6.61 Å². The number of esters is 1. The average Bonchev–Trinajstić information content (AvgIpc) is 3.03. The first-order valence-corrected chi connectivity index (χ1v) is 10.5. The molecule has 2 fully saturated rings. The van der Waals surface area contributed by atoms with E-state index >= 15 is 0 Å². The molecule has 2 aromatic carbocycles. The van der Waals surface area contributed by atoms with Crippen LogP contribution in [0, 0.1) is 23.6 Å². The third-order valence-electron chi connectivity index (χ3n) is 5.99. The minimum absolute atomic E-state index is 0.126. The van der Waals surface area contributed by atoms with E-state index in [1.807, 2.05) is 0 Å². The summed E-state index contributed by atoms with van der Waals surface area (Å²) in [5.41, 5.74) is 0.824. The van der Waals surface area contributed by atoms with Gasteiger partial charge in [-0.25, -0.2) is 9.18 Å². The summed E-state index contributed by atoms with van der Waals surface area (Å²) in [5, 5.41) is 2.50. The van der Waals surface area contributed by atoms with Gasteiger partial charge in [-0.1, -0.05) is 13.0 Å². The van der Waals surface area contributed by atoms with Crippen LogP contribution in [0.5, 0.6) is 0 Å². The maximum Gasteiger partial charge on any atom is 0.338 e. The van der Waals surface area contributed by atoms with Crippen LogP contribution in [-0.4, -0.2) is 30.3 Å². The standard InChI is InChI=1S/C24H23FN2O5/c1-14-5-10-19-20(11-14)23(30)27(22(19)29)18-4-2-3-15(12-18)24(31)32-13-21(28)26-17-8-6-16(25)7-9-17/h2-4,6-9,12,14,19-20H,5,10-11,13H2,1H3,(H,26,28)/t14-,19-,20-/m1/s1. The number of rotatable bonds is 5. The molecule has 8 heteroatoms. The zero-order chi connectivity index (χ0) is 22.8. The Kier molecular flexibility index (Phi) is 6.03. The van der Waals surface area contributed by atoms with Gasteiger partial charge in [-0.2, -0.15) is 0 Å². The van der Waals surface area contributed by atoms with Gasteiger partial charge in [0.2, 0.25) is 11.8 Å². The number of benzene rings is 2. The van der Waals surface area contributed by atoms with Gasteiger partial charge in [0.05, 0.1) is 23.1 Å². The molecule has 0 bridgehead atoms. The number of amides is 3. The van der Waals surface area contributed by atoms with E-state index in [-0.39, 0.29) is 29.2 Å². The Morgan fingerprint density at radius 1 is 1.06 bits per heavy atom. The highest BCUT2D eigenvalue weighted by Gasteiger charge is 2.50. The van der Waals surface area contributed by atoms with Crippen molar-refractivity contribution in [1.82, 2.24) is 0 Å². The van der Waals surface area contributed by atoms with Crippen LogP contribution < -0.4 is 10.2 Å². The SMILES string of the molecule is C[C@@H]1CC[C@H]2C(=O)N(c3cccc(C(=O)OCC(=O)Nc4ccc(F)cc4)c3)C(=O)[C@@H]2C1. The second kappa shape index (κ2) is 8.90. The molecule has 1 aliphatic carbocycles. The van der Waals surface area contributed by atoms with Gasteiger partial charge < -0.3 is 10.1 Å². The van der Waals surface area contributed by atoms with Crippen molar-refractivity contribution in [3.05, 3.63) is 59.9 Å². The molecule has 0 radical (unpaired) electrons. The molecule has 1 heterocycles. The Balaban J connectivity index is 1.41. The maximum atomic E-state index is 12.9. The van der Waals surface area contributed by atoms with Crippen LogP contribution >= 0.6 is 0 Å². The van der Waals surface area contributed by atoms with E-state index in [9.17, 15) is 23.6 Å². The van der Waals surface area contributed by atoms with Gasteiger partial charge in [0.1, 0.15) is 5.82 Å². The number of nitrogens with one attached hydrogen (secondary N) is 1. The first-order valence-electron chi connectivity index (χ1n) is 10.5. The predicted molar refractivity (Wildman–Crippen MR) is 114 cm³/mol. The van der Waals surface area contributed by atoms with Crippen molar-refractivity contribution in [2.45, 2.75) is 26.2 Å². The van der Waals surface area contributed by atoms with E-state index in [1.54, 1.807) is 12.1 Å². The first-order chi connectivity index (χ1) is 15.3. The van der Waals surface area contributed by atoms with Crippen molar-refractivity contribution in [2.75, 3.05) is 16.8 Å². The molecule has 1 saturated heterocycles. The molecule has 1 aliphatic heterocycles. The van der Waals surface area contributed by atoms with E-state index in [2.05, 4.69) is 12.2 Å². The average molecular weight is 438 g/mol. The molecule has 2 aromatic rings. The van der Waals surface area contributed by atoms with Gasteiger partial charge >= 0.3 is 5.97 Å². The van der Waals surface area contributed by atoms with Crippen LogP contribution in [0.15, 0.2) is 48.5 Å². The minimum atomic E-state index is -0.758. The molecule has 166 valence electrons. The van der Waals surface area contributed by atoms with Gasteiger partial charge in [-0.15, -0.1) is 0 Å². The summed E-state index contributed by atoms with van der Waals surface area (Å²) in [7, 11) is 0. The van der Waals surface area contributed by atoms with Crippen molar-refractivity contribution in [1.29, 1.82) is 0 Å². The van der Waals surface area contributed by atoms with Crippen LogP contribution in [-0.2, 0) is 19.1 Å². The highest BCUT2D eigenvalue weighted by atomic mass is 19.1. The van der Waals surface area contributed by atoms with Gasteiger partial charge in [0, 0.05) is 5.69 Å². The van der Waals surface area contributed by atoms with Crippen LogP contribution in [0.4, 0.5) is 15.8 Å². The highest BCUT2D eigenvalue weighted by Crippen LogP contribution is 2.42. The molecule has 3 amide bonds.